The van der Waals surface area contributed by atoms with E-state index in [1.54, 1.807) is 11.3 Å². The van der Waals surface area contributed by atoms with E-state index in [4.69, 9.17) is 9.84 Å². The molecular weight excluding hydrogens is 268 g/mol. The molecule has 0 aliphatic heterocycles. The van der Waals surface area contributed by atoms with E-state index in [1.165, 1.54) is 5.56 Å². The van der Waals surface area contributed by atoms with Crippen LogP contribution in [0.25, 0.3) is 0 Å². The number of hydrogen-bond acceptors (Lipinski definition) is 3. The van der Waals surface area contributed by atoms with Gasteiger partial charge >= 0.3 is 0 Å². The summed E-state index contributed by atoms with van der Waals surface area (Å²) in [7, 11) is 0. The van der Waals surface area contributed by atoms with Crippen molar-refractivity contribution in [1.29, 1.82) is 0 Å². The molecule has 0 saturated carbocycles. The molecule has 20 heavy (non-hydrogen) atoms. The Morgan fingerprint density at radius 1 is 1.20 bits per heavy atom. The largest absolute Gasteiger partial charge is 0.488 e. The van der Waals surface area contributed by atoms with Crippen LogP contribution >= 0.6 is 11.3 Å². The average molecular weight is 286 g/mol. The lowest BCUT2D eigenvalue weighted by atomic mass is 10.0. The molecule has 0 unspecified atom stereocenters. The maximum absolute atomic E-state index is 8.73. The second-order valence-electron chi connectivity index (χ2n) is 4.73. The van der Waals surface area contributed by atoms with Gasteiger partial charge in [-0.2, -0.15) is 0 Å². The van der Waals surface area contributed by atoms with Gasteiger partial charge in [-0.1, -0.05) is 37.8 Å². The predicted molar refractivity (Wildman–Crippen MR) is 83.1 cm³/mol. The lowest BCUT2D eigenvalue weighted by Gasteiger charge is -2.08. The zero-order chi connectivity index (χ0) is 14.4. The standard InChI is InChI=1S/C17H18O2S/c1-13(2)14-5-7-16(8-6-14)19-12-17-15(4-3-10-18)9-11-20-17/h5-9,11,13,18H,10,12H2,1-2H3. The van der Waals surface area contributed by atoms with Crippen LogP contribution in [0, 0.1) is 11.8 Å². The summed E-state index contributed by atoms with van der Waals surface area (Å²) in [5.74, 6) is 6.99. The van der Waals surface area contributed by atoms with Crippen molar-refractivity contribution in [3.05, 3.63) is 51.7 Å². The average Bonchev–Trinajstić information content (AvgIpc) is 2.90. The third kappa shape index (κ3) is 3.86. The lowest BCUT2D eigenvalue weighted by molar-refractivity contribution is 0.309. The number of aliphatic hydroxyl groups excluding tert-OH is 1. The van der Waals surface area contributed by atoms with E-state index in [0.29, 0.717) is 12.5 Å². The van der Waals surface area contributed by atoms with E-state index in [0.717, 1.165) is 16.2 Å². The third-order valence-electron chi connectivity index (χ3n) is 2.96. The molecule has 1 aromatic heterocycles. The normalized spacial score (nSPS) is 10.2. The smallest absolute Gasteiger partial charge is 0.124 e. The monoisotopic (exact) mass is 286 g/mol. The van der Waals surface area contributed by atoms with Crippen LogP contribution in [0.3, 0.4) is 0 Å². The van der Waals surface area contributed by atoms with Crippen LogP contribution in [0.2, 0.25) is 0 Å². The predicted octanol–water partition coefficient (Wildman–Crippen LogP) is 3.79. The highest BCUT2D eigenvalue weighted by molar-refractivity contribution is 7.10. The number of benzene rings is 1. The van der Waals surface area contributed by atoms with Gasteiger partial charge < -0.3 is 9.84 Å². The molecule has 0 atom stereocenters. The quantitative estimate of drug-likeness (QED) is 0.866. The molecule has 1 aromatic carbocycles. The number of ether oxygens (including phenoxy) is 1. The summed E-state index contributed by atoms with van der Waals surface area (Å²) in [6, 6.07) is 10.2. The molecule has 3 heteroatoms. The Balaban J connectivity index is 2.00. The fraction of sp³-hybridized carbons (Fsp3) is 0.294. The van der Waals surface area contributed by atoms with Crippen molar-refractivity contribution >= 4 is 11.3 Å². The molecule has 0 radical (unpaired) electrons. The maximum Gasteiger partial charge on any atom is 0.124 e. The summed E-state index contributed by atoms with van der Waals surface area (Å²) in [4.78, 5) is 1.08. The molecule has 1 heterocycles. The Bertz CT molecular complexity index is 600. The second-order valence-corrected chi connectivity index (χ2v) is 5.73. The van der Waals surface area contributed by atoms with Gasteiger partial charge in [-0.25, -0.2) is 0 Å². The van der Waals surface area contributed by atoms with Gasteiger partial charge in [0.25, 0.3) is 0 Å². The van der Waals surface area contributed by atoms with Crippen molar-refractivity contribution in [1.82, 2.24) is 0 Å². The first-order valence-electron chi connectivity index (χ1n) is 6.59. The molecule has 0 aliphatic carbocycles. The molecule has 0 aliphatic rings. The summed E-state index contributed by atoms with van der Waals surface area (Å²) < 4.78 is 5.79. The Morgan fingerprint density at radius 2 is 1.95 bits per heavy atom. The highest BCUT2D eigenvalue weighted by Gasteiger charge is 2.04. The van der Waals surface area contributed by atoms with E-state index in [9.17, 15) is 0 Å². The summed E-state index contributed by atoms with van der Waals surface area (Å²) in [5, 5.41) is 10.7. The maximum atomic E-state index is 8.73. The fourth-order valence-corrected chi connectivity index (χ4v) is 2.54. The van der Waals surface area contributed by atoms with Crippen LogP contribution in [0.4, 0.5) is 0 Å². The first-order chi connectivity index (χ1) is 9.70. The van der Waals surface area contributed by atoms with Crippen LogP contribution in [-0.2, 0) is 6.61 Å². The van der Waals surface area contributed by atoms with E-state index < -0.39 is 0 Å². The van der Waals surface area contributed by atoms with E-state index in [1.807, 2.05) is 23.6 Å². The zero-order valence-corrected chi connectivity index (χ0v) is 12.5. The van der Waals surface area contributed by atoms with Crippen LogP contribution in [0.15, 0.2) is 35.7 Å². The second kappa shape index (κ2) is 7.14. The minimum absolute atomic E-state index is 0.118. The number of rotatable bonds is 4. The molecule has 104 valence electrons. The minimum atomic E-state index is -0.118. The molecule has 2 rings (SSSR count). The third-order valence-corrected chi connectivity index (χ3v) is 3.86. The Labute approximate surface area is 124 Å². The van der Waals surface area contributed by atoms with Crippen molar-refractivity contribution in [3.63, 3.8) is 0 Å². The summed E-state index contributed by atoms with van der Waals surface area (Å²) in [6.45, 7) is 4.74. The van der Waals surface area contributed by atoms with Crippen LogP contribution in [0.1, 0.15) is 35.8 Å². The fourth-order valence-electron chi connectivity index (χ4n) is 1.80. The molecule has 0 amide bonds. The van der Waals surface area contributed by atoms with Crippen LogP contribution < -0.4 is 4.74 Å². The van der Waals surface area contributed by atoms with Crippen molar-refractivity contribution in [2.24, 2.45) is 0 Å². The van der Waals surface area contributed by atoms with Crippen LogP contribution in [0.5, 0.6) is 5.75 Å². The highest BCUT2D eigenvalue weighted by Crippen LogP contribution is 2.21. The number of aliphatic hydroxyl groups is 1. The number of thiophene rings is 1. The first-order valence-corrected chi connectivity index (χ1v) is 7.47. The van der Waals surface area contributed by atoms with Crippen molar-refractivity contribution in [3.8, 4) is 17.6 Å². The molecule has 0 fully saturated rings. The molecule has 1 N–H and O–H groups in total. The molecule has 2 aromatic rings. The van der Waals surface area contributed by atoms with Gasteiger partial charge in [0, 0.05) is 5.56 Å². The van der Waals surface area contributed by atoms with Crippen LogP contribution in [-0.4, -0.2) is 11.7 Å². The molecule has 0 bridgehead atoms. The van der Waals surface area contributed by atoms with Crippen molar-refractivity contribution in [2.75, 3.05) is 6.61 Å². The highest BCUT2D eigenvalue weighted by atomic mass is 32.1. The molecular formula is C17H18O2S. The lowest BCUT2D eigenvalue weighted by Crippen LogP contribution is -1.95. The minimum Gasteiger partial charge on any atom is -0.488 e. The summed E-state index contributed by atoms with van der Waals surface area (Å²) in [6.07, 6.45) is 0. The molecule has 0 saturated heterocycles. The van der Waals surface area contributed by atoms with E-state index >= 15 is 0 Å². The van der Waals surface area contributed by atoms with Crippen molar-refractivity contribution < 1.29 is 9.84 Å². The first kappa shape index (κ1) is 14.6. The summed E-state index contributed by atoms with van der Waals surface area (Å²) >= 11 is 1.62. The van der Waals surface area contributed by atoms with E-state index in [-0.39, 0.29) is 6.61 Å². The van der Waals surface area contributed by atoms with Gasteiger partial charge in [-0.05, 0) is 35.1 Å². The summed E-state index contributed by atoms with van der Waals surface area (Å²) in [5.41, 5.74) is 2.24. The topological polar surface area (TPSA) is 29.5 Å². The van der Waals surface area contributed by atoms with Gasteiger partial charge in [-0.3, -0.25) is 0 Å². The molecule has 2 nitrogen and oxygen atoms in total. The Kier molecular flexibility index (Phi) is 5.23. The van der Waals surface area contributed by atoms with Crippen molar-refractivity contribution in [2.45, 2.75) is 26.4 Å². The zero-order valence-electron chi connectivity index (χ0n) is 11.7. The SMILES string of the molecule is CC(C)c1ccc(OCc2sccc2C#CCO)cc1. The Morgan fingerprint density at radius 3 is 2.60 bits per heavy atom. The van der Waals surface area contributed by atoms with Gasteiger partial charge in [0.05, 0.1) is 4.88 Å². The van der Waals surface area contributed by atoms with Gasteiger partial charge in [0.1, 0.15) is 19.0 Å². The van der Waals surface area contributed by atoms with Gasteiger partial charge in [0.2, 0.25) is 0 Å². The number of hydrogen-bond donors (Lipinski definition) is 1. The van der Waals surface area contributed by atoms with Gasteiger partial charge in [0.15, 0.2) is 0 Å². The van der Waals surface area contributed by atoms with E-state index in [2.05, 4.69) is 37.8 Å². The van der Waals surface area contributed by atoms with Gasteiger partial charge in [-0.15, -0.1) is 11.3 Å². The Hall–Kier alpha value is -1.76. The molecule has 0 spiro atoms.